The third kappa shape index (κ3) is 4.59. The Morgan fingerprint density at radius 3 is 2.55 bits per heavy atom. The van der Waals surface area contributed by atoms with Gasteiger partial charge in [0.2, 0.25) is 0 Å². The summed E-state index contributed by atoms with van der Waals surface area (Å²) in [5.74, 6) is 1.65. The van der Waals surface area contributed by atoms with E-state index in [4.69, 9.17) is 0 Å². The van der Waals surface area contributed by atoms with Crippen molar-refractivity contribution >= 4 is 0 Å². The Labute approximate surface area is 124 Å². The maximum atomic E-state index is 4.65. The molecule has 0 radical (unpaired) electrons. The zero-order chi connectivity index (χ0) is 14.4. The van der Waals surface area contributed by atoms with Gasteiger partial charge in [-0.2, -0.15) is 0 Å². The third-order valence-corrected chi connectivity index (χ3v) is 4.62. The molecule has 2 heteroatoms. The average Bonchev–Trinajstić information content (AvgIpc) is 2.47. The van der Waals surface area contributed by atoms with E-state index >= 15 is 0 Å². The number of aromatic nitrogens is 1. The van der Waals surface area contributed by atoms with E-state index in [9.17, 15) is 0 Å². The standard InChI is InChI=1S/C18H30N2/c1-4-15-9-10-18(20-12-15)11-16-7-5-6-8-17(16)13-19-14(2)3/h9-10,12,14,16-17,19H,4-8,11,13H2,1-3H3. The van der Waals surface area contributed by atoms with E-state index < -0.39 is 0 Å². The fraction of sp³-hybridized carbons (Fsp3) is 0.722. The van der Waals surface area contributed by atoms with Crippen LogP contribution in [-0.2, 0) is 12.8 Å². The zero-order valence-electron chi connectivity index (χ0n) is 13.4. The topological polar surface area (TPSA) is 24.9 Å². The van der Waals surface area contributed by atoms with Crippen LogP contribution in [0.5, 0.6) is 0 Å². The molecule has 0 spiro atoms. The third-order valence-electron chi connectivity index (χ3n) is 4.62. The normalized spacial score (nSPS) is 23.2. The molecule has 20 heavy (non-hydrogen) atoms. The molecule has 1 aliphatic rings. The molecule has 2 rings (SSSR count). The molecule has 1 aromatic heterocycles. The molecule has 0 aromatic carbocycles. The fourth-order valence-electron chi connectivity index (χ4n) is 3.26. The highest BCUT2D eigenvalue weighted by Crippen LogP contribution is 2.32. The van der Waals surface area contributed by atoms with Crippen molar-refractivity contribution in [3.8, 4) is 0 Å². The summed E-state index contributed by atoms with van der Waals surface area (Å²) >= 11 is 0. The number of nitrogens with one attached hydrogen (secondary N) is 1. The van der Waals surface area contributed by atoms with Crippen LogP contribution in [-0.4, -0.2) is 17.6 Å². The summed E-state index contributed by atoms with van der Waals surface area (Å²) in [4.78, 5) is 4.65. The van der Waals surface area contributed by atoms with Crippen molar-refractivity contribution in [3.63, 3.8) is 0 Å². The van der Waals surface area contributed by atoms with Crippen LogP contribution in [0.2, 0.25) is 0 Å². The van der Waals surface area contributed by atoms with Gasteiger partial charge >= 0.3 is 0 Å². The maximum absolute atomic E-state index is 4.65. The molecular formula is C18H30N2. The van der Waals surface area contributed by atoms with E-state index in [1.165, 1.54) is 43.5 Å². The van der Waals surface area contributed by atoms with E-state index in [0.717, 1.165) is 24.7 Å². The van der Waals surface area contributed by atoms with Crippen LogP contribution in [0.1, 0.15) is 57.7 Å². The lowest BCUT2D eigenvalue weighted by molar-refractivity contribution is 0.223. The van der Waals surface area contributed by atoms with Crippen LogP contribution in [0.25, 0.3) is 0 Å². The molecule has 1 aromatic rings. The van der Waals surface area contributed by atoms with E-state index in [2.05, 4.69) is 49.4 Å². The first kappa shape index (κ1) is 15.5. The second kappa shape index (κ2) is 7.78. The number of pyridine rings is 1. The molecule has 2 unspecified atom stereocenters. The first-order chi connectivity index (χ1) is 9.69. The Bertz CT molecular complexity index is 383. The van der Waals surface area contributed by atoms with E-state index in [1.807, 2.05) is 0 Å². The van der Waals surface area contributed by atoms with Crippen molar-refractivity contribution in [2.45, 2.75) is 65.3 Å². The van der Waals surface area contributed by atoms with Gasteiger partial charge in [-0.15, -0.1) is 0 Å². The van der Waals surface area contributed by atoms with Crippen LogP contribution in [0.4, 0.5) is 0 Å². The Hall–Kier alpha value is -0.890. The van der Waals surface area contributed by atoms with Gasteiger partial charge in [0.25, 0.3) is 0 Å². The van der Waals surface area contributed by atoms with Crippen molar-refractivity contribution < 1.29 is 0 Å². The molecule has 1 N–H and O–H groups in total. The lowest BCUT2D eigenvalue weighted by Gasteiger charge is -2.32. The highest BCUT2D eigenvalue weighted by molar-refractivity contribution is 5.14. The van der Waals surface area contributed by atoms with Crippen LogP contribution < -0.4 is 5.32 Å². The first-order valence-electron chi connectivity index (χ1n) is 8.36. The number of aryl methyl sites for hydroxylation is 1. The van der Waals surface area contributed by atoms with Crippen LogP contribution in [0.3, 0.4) is 0 Å². The number of hydrogen-bond donors (Lipinski definition) is 1. The molecule has 112 valence electrons. The average molecular weight is 274 g/mol. The molecule has 0 saturated heterocycles. The highest BCUT2D eigenvalue weighted by atomic mass is 14.9. The van der Waals surface area contributed by atoms with E-state index in [0.29, 0.717) is 6.04 Å². The number of hydrogen-bond acceptors (Lipinski definition) is 2. The van der Waals surface area contributed by atoms with Gasteiger partial charge in [-0.1, -0.05) is 39.7 Å². The second-order valence-electron chi connectivity index (χ2n) is 6.58. The summed E-state index contributed by atoms with van der Waals surface area (Å²) in [6.45, 7) is 7.84. The van der Waals surface area contributed by atoms with Gasteiger partial charge < -0.3 is 5.32 Å². The van der Waals surface area contributed by atoms with Crippen molar-refractivity contribution in [1.29, 1.82) is 0 Å². The van der Waals surface area contributed by atoms with Gasteiger partial charge in [0, 0.05) is 17.9 Å². The lowest BCUT2D eigenvalue weighted by atomic mass is 9.76. The number of rotatable bonds is 6. The lowest BCUT2D eigenvalue weighted by Crippen LogP contribution is -2.35. The predicted molar refractivity (Wildman–Crippen MR) is 85.9 cm³/mol. The first-order valence-corrected chi connectivity index (χ1v) is 8.36. The van der Waals surface area contributed by atoms with Gasteiger partial charge in [-0.05, 0) is 55.7 Å². The fourth-order valence-corrected chi connectivity index (χ4v) is 3.26. The Kier molecular flexibility index (Phi) is 6.03. The predicted octanol–water partition coefficient (Wildman–Crippen LogP) is 3.99. The SMILES string of the molecule is CCc1ccc(CC2CCCCC2CNC(C)C)nc1. The molecule has 1 aliphatic carbocycles. The minimum Gasteiger partial charge on any atom is -0.314 e. The van der Waals surface area contributed by atoms with Gasteiger partial charge in [0.15, 0.2) is 0 Å². The maximum Gasteiger partial charge on any atom is 0.0406 e. The summed E-state index contributed by atoms with van der Waals surface area (Å²) in [6, 6.07) is 5.08. The summed E-state index contributed by atoms with van der Waals surface area (Å²) in [5, 5.41) is 3.63. The van der Waals surface area contributed by atoms with Crippen LogP contribution >= 0.6 is 0 Å². The monoisotopic (exact) mass is 274 g/mol. The number of nitrogens with zero attached hydrogens (tertiary/aromatic N) is 1. The minimum absolute atomic E-state index is 0.597. The largest absolute Gasteiger partial charge is 0.314 e. The minimum atomic E-state index is 0.597. The van der Waals surface area contributed by atoms with Crippen molar-refractivity contribution in [1.82, 2.24) is 10.3 Å². The van der Waals surface area contributed by atoms with Crippen LogP contribution in [0.15, 0.2) is 18.3 Å². The quantitative estimate of drug-likeness (QED) is 0.848. The molecule has 2 nitrogen and oxygen atoms in total. The molecule has 1 fully saturated rings. The Morgan fingerprint density at radius 1 is 1.20 bits per heavy atom. The van der Waals surface area contributed by atoms with Gasteiger partial charge in [0.05, 0.1) is 0 Å². The van der Waals surface area contributed by atoms with Gasteiger partial charge in [-0.25, -0.2) is 0 Å². The van der Waals surface area contributed by atoms with Crippen molar-refractivity contribution in [2.24, 2.45) is 11.8 Å². The van der Waals surface area contributed by atoms with Gasteiger partial charge in [0.1, 0.15) is 0 Å². The molecule has 0 aliphatic heterocycles. The molecular weight excluding hydrogens is 244 g/mol. The zero-order valence-corrected chi connectivity index (χ0v) is 13.4. The summed E-state index contributed by atoms with van der Waals surface area (Å²) in [5.41, 5.74) is 2.62. The van der Waals surface area contributed by atoms with Gasteiger partial charge in [-0.3, -0.25) is 4.98 Å². The van der Waals surface area contributed by atoms with Crippen molar-refractivity contribution in [3.05, 3.63) is 29.6 Å². The Morgan fingerprint density at radius 2 is 1.95 bits per heavy atom. The second-order valence-corrected chi connectivity index (χ2v) is 6.58. The summed E-state index contributed by atoms with van der Waals surface area (Å²) in [6.07, 6.45) is 9.86. The Balaban J connectivity index is 1.93. The van der Waals surface area contributed by atoms with Crippen molar-refractivity contribution in [2.75, 3.05) is 6.54 Å². The van der Waals surface area contributed by atoms with Crippen LogP contribution in [0, 0.1) is 11.8 Å². The summed E-state index contributed by atoms with van der Waals surface area (Å²) < 4.78 is 0. The smallest absolute Gasteiger partial charge is 0.0406 e. The molecule has 1 saturated carbocycles. The highest BCUT2D eigenvalue weighted by Gasteiger charge is 2.25. The molecule has 0 bridgehead atoms. The van der Waals surface area contributed by atoms with E-state index in [-0.39, 0.29) is 0 Å². The van der Waals surface area contributed by atoms with E-state index in [1.54, 1.807) is 0 Å². The molecule has 1 heterocycles. The molecule has 2 atom stereocenters. The molecule has 0 amide bonds. The summed E-state index contributed by atoms with van der Waals surface area (Å²) in [7, 11) is 0.